The summed E-state index contributed by atoms with van der Waals surface area (Å²) in [6.45, 7) is 2.24. The summed E-state index contributed by atoms with van der Waals surface area (Å²) >= 11 is 0. The Hall–Kier alpha value is -2.61. The van der Waals surface area contributed by atoms with Crippen LogP contribution in [0.5, 0.6) is 11.5 Å². The van der Waals surface area contributed by atoms with Crippen LogP contribution in [0.3, 0.4) is 0 Å². The fourth-order valence-corrected chi connectivity index (χ4v) is 2.72. The second-order valence-corrected chi connectivity index (χ2v) is 6.28. The van der Waals surface area contributed by atoms with Crippen molar-refractivity contribution in [1.82, 2.24) is 4.83 Å². The summed E-state index contributed by atoms with van der Waals surface area (Å²) in [7, 11) is -2.36. The van der Waals surface area contributed by atoms with Crippen molar-refractivity contribution in [1.29, 1.82) is 0 Å². The lowest BCUT2D eigenvalue weighted by molar-refractivity contribution is 0.310. The Morgan fingerprint density at radius 3 is 2.54 bits per heavy atom. The molecule has 1 N–H and O–H groups in total. The maximum Gasteiger partial charge on any atom is 0.276 e. The lowest BCUT2D eigenvalue weighted by atomic mass is 10.2. The molecule has 128 valence electrons. The van der Waals surface area contributed by atoms with E-state index in [1.54, 1.807) is 18.2 Å². The number of sulfonamides is 1. The van der Waals surface area contributed by atoms with Crippen LogP contribution in [-0.2, 0) is 10.0 Å². The number of nitrogens with zero attached hydrogens (tertiary/aromatic N) is 1. The Morgan fingerprint density at radius 2 is 1.92 bits per heavy atom. The van der Waals surface area contributed by atoms with E-state index < -0.39 is 15.8 Å². The molecule has 2 aromatic rings. The van der Waals surface area contributed by atoms with Gasteiger partial charge in [0.15, 0.2) is 11.5 Å². The van der Waals surface area contributed by atoms with Crippen molar-refractivity contribution in [2.24, 2.45) is 5.10 Å². The van der Waals surface area contributed by atoms with Gasteiger partial charge >= 0.3 is 0 Å². The Balaban J connectivity index is 2.21. The van der Waals surface area contributed by atoms with E-state index in [4.69, 9.17) is 9.47 Å². The molecule has 0 aromatic heterocycles. The Morgan fingerprint density at radius 1 is 1.21 bits per heavy atom. The van der Waals surface area contributed by atoms with Crippen LogP contribution < -0.4 is 14.3 Å². The molecule has 6 nitrogen and oxygen atoms in total. The van der Waals surface area contributed by atoms with Crippen LogP contribution >= 0.6 is 0 Å². The van der Waals surface area contributed by atoms with Crippen LogP contribution in [-0.4, -0.2) is 28.3 Å². The highest BCUT2D eigenvalue weighted by Gasteiger charge is 2.13. The molecule has 0 fully saturated rings. The van der Waals surface area contributed by atoms with Gasteiger partial charge in [-0.25, -0.2) is 9.22 Å². The standard InChI is InChI=1S/C16H17FN2O4S/c1-3-23-16-12(5-4-6-15(16)22-2)11-18-19-24(20,21)14-9-7-13(17)8-10-14/h4-11,19H,3H2,1-2H3/b18-11+. The summed E-state index contributed by atoms with van der Waals surface area (Å²) in [6.07, 6.45) is 1.31. The van der Waals surface area contributed by atoms with Crippen molar-refractivity contribution < 1.29 is 22.3 Å². The van der Waals surface area contributed by atoms with Crippen LogP contribution in [0.4, 0.5) is 4.39 Å². The summed E-state index contributed by atoms with van der Waals surface area (Å²) in [5.41, 5.74) is 0.554. The molecular weight excluding hydrogens is 335 g/mol. The molecule has 0 bridgehead atoms. The zero-order valence-electron chi connectivity index (χ0n) is 13.2. The van der Waals surface area contributed by atoms with Crippen molar-refractivity contribution >= 4 is 16.2 Å². The fourth-order valence-electron chi connectivity index (χ4n) is 1.93. The highest BCUT2D eigenvalue weighted by Crippen LogP contribution is 2.29. The molecule has 0 spiro atoms. The molecule has 0 saturated heterocycles. The molecule has 0 atom stereocenters. The SMILES string of the molecule is CCOc1c(/C=N/NS(=O)(=O)c2ccc(F)cc2)cccc1OC. The summed E-state index contributed by atoms with van der Waals surface area (Å²) in [5, 5.41) is 3.74. The molecule has 0 aliphatic heterocycles. The molecule has 8 heteroatoms. The van der Waals surface area contributed by atoms with Crippen LogP contribution in [0.1, 0.15) is 12.5 Å². The lowest BCUT2D eigenvalue weighted by Crippen LogP contribution is -2.18. The minimum Gasteiger partial charge on any atom is -0.493 e. The quantitative estimate of drug-likeness (QED) is 0.614. The Labute approximate surface area is 140 Å². The summed E-state index contributed by atoms with van der Waals surface area (Å²) in [5.74, 6) is 0.463. The first-order valence-electron chi connectivity index (χ1n) is 7.08. The zero-order chi connectivity index (χ0) is 17.6. The van der Waals surface area contributed by atoms with Crippen LogP contribution in [0.2, 0.25) is 0 Å². The molecule has 24 heavy (non-hydrogen) atoms. The summed E-state index contributed by atoms with van der Waals surface area (Å²) < 4.78 is 47.7. The maximum absolute atomic E-state index is 12.9. The van der Waals surface area contributed by atoms with Gasteiger partial charge in [-0.1, -0.05) is 6.07 Å². The normalized spacial score (nSPS) is 11.5. The molecule has 0 unspecified atom stereocenters. The molecule has 0 saturated carbocycles. The monoisotopic (exact) mass is 352 g/mol. The van der Waals surface area contributed by atoms with Crippen LogP contribution in [0.25, 0.3) is 0 Å². The second kappa shape index (κ2) is 7.78. The molecule has 0 aliphatic rings. The smallest absolute Gasteiger partial charge is 0.276 e. The number of ether oxygens (including phenoxy) is 2. The predicted octanol–water partition coefficient (Wildman–Crippen LogP) is 2.55. The fraction of sp³-hybridized carbons (Fsp3) is 0.188. The molecule has 2 aromatic carbocycles. The summed E-state index contributed by atoms with van der Waals surface area (Å²) in [6, 6.07) is 9.61. The van der Waals surface area contributed by atoms with Crippen molar-refractivity contribution in [3.8, 4) is 11.5 Å². The predicted molar refractivity (Wildman–Crippen MR) is 88.5 cm³/mol. The molecule has 0 amide bonds. The van der Waals surface area contributed by atoms with E-state index in [9.17, 15) is 12.8 Å². The number of rotatable bonds is 7. The van der Waals surface area contributed by atoms with Gasteiger partial charge in [0.25, 0.3) is 10.0 Å². The third kappa shape index (κ3) is 4.23. The van der Waals surface area contributed by atoms with Crippen molar-refractivity contribution in [3.05, 3.63) is 53.8 Å². The van der Waals surface area contributed by atoms with Gasteiger partial charge in [0.1, 0.15) is 5.82 Å². The molecule has 0 heterocycles. The van der Waals surface area contributed by atoms with E-state index in [2.05, 4.69) is 9.93 Å². The van der Waals surface area contributed by atoms with Gasteiger partial charge < -0.3 is 9.47 Å². The minimum atomic E-state index is -3.87. The molecule has 0 aliphatic carbocycles. The average molecular weight is 352 g/mol. The van der Waals surface area contributed by atoms with Gasteiger partial charge in [-0.05, 0) is 43.3 Å². The molecule has 2 rings (SSSR count). The third-order valence-corrected chi connectivity index (χ3v) is 4.26. The van der Waals surface area contributed by atoms with Gasteiger partial charge in [0.2, 0.25) is 0 Å². The Bertz CT molecular complexity index is 820. The van der Waals surface area contributed by atoms with Gasteiger partial charge in [0.05, 0.1) is 24.8 Å². The number of hydrogen-bond donors (Lipinski definition) is 1. The van der Waals surface area contributed by atoms with Gasteiger partial charge in [-0.2, -0.15) is 13.5 Å². The van der Waals surface area contributed by atoms with E-state index in [0.717, 1.165) is 24.3 Å². The number of hydrogen-bond acceptors (Lipinski definition) is 5. The highest BCUT2D eigenvalue weighted by atomic mass is 32.2. The first-order chi connectivity index (χ1) is 11.5. The first-order valence-corrected chi connectivity index (χ1v) is 8.56. The van der Waals surface area contributed by atoms with E-state index in [0.29, 0.717) is 23.7 Å². The van der Waals surface area contributed by atoms with E-state index >= 15 is 0 Å². The van der Waals surface area contributed by atoms with Gasteiger partial charge in [-0.3, -0.25) is 0 Å². The van der Waals surface area contributed by atoms with Crippen molar-refractivity contribution in [2.45, 2.75) is 11.8 Å². The van der Waals surface area contributed by atoms with Gasteiger partial charge in [0, 0.05) is 5.56 Å². The van der Waals surface area contributed by atoms with Gasteiger partial charge in [-0.15, -0.1) is 0 Å². The van der Waals surface area contributed by atoms with E-state index in [1.165, 1.54) is 13.3 Å². The largest absolute Gasteiger partial charge is 0.493 e. The van der Waals surface area contributed by atoms with Crippen molar-refractivity contribution in [2.75, 3.05) is 13.7 Å². The number of benzene rings is 2. The average Bonchev–Trinajstić information content (AvgIpc) is 2.56. The van der Waals surface area contributed by atoms with E-state index in [1.807, 2.05) is 6.92 Å². The Kier molecular flexibility index (Phi) is 5.75. The maximum atomic E-state index is 12.9. The molecular formula is C16H17FN2O4S. The highest BCUT2D eigenvalue weighted by molar-refractivity contribution is 7.89. The number of halogens is 1. The third-order valence-electron chi connectivity index (χ3n) is 3.02. The number of para-hydroxylation sites is 1. The number of hydrazone groups is 1. The number of nitrogens with one attached hydrogen (secondary N) is 1. The first kappa shape index (κ1) is 17.7. The zero-order valence-corrected chi connectivity index (χ0v) is 14.0. The van der Waals surface area contributed by atoms with Crippen LogP contribution in [0.15, 0.2) is 52.5 Å². The van der Waals surface area contributed by atoms with E-state index in [-0.39, 0.29) is 4.90 Å². The second-order valence-electron chi connectivity index (χ2n) is 4.62. The molecule has 0 radical (unpaired) electrons. The topological polar surface area (TPSA) is 77.0 Å². The minimum absolute atomic E-state index is 0.0864. The number of methoxy groups -OCH3 is 1. The van der Waals surface area contributed by atoms with Crippen LogP contribution in [0, 0.1) is 5.82 Å². The van der Waals surface area contributed by atoms with Crippen molar-refractivity contribution in [3.63, 3.8) is 0 Å². The summed E-state index contributed by atoms with van der Waals surface area (Å²) in [4.78, 5) is 1.99. The lowest BCUT2D eigenvalue weighted by Gasteiger charge is -2.11.